The van der Waals surface area contributed by atoms with Gasteiger partial charge in [0.15, 0.2) is 0 Å². The van der Waals surface area contributed by atoms with E-state index in [1.165, 1.54) is 25.3 Å². The van der Waals surface area contributed by atoms with Crippen LogP contribution in [0.1, 0.15) is 44.3 Å². The van der Waals surface area contributed by atoms with Crippen molar-refractivity contribution in [1.29, 1.82) is 0 Å². The minimum absolute atomic E-state index is 0.0757. The van der Waals surface area contributed by atoms with Crippen molar-refractivity contribution in [3.63, 3.8) is 0 Å². The Bertz CT molecular complexity index is 336. The quantitative estimate of drug-likeness (QED) is 0.800. The molecule has 0 bridgehead atoms. The number of aromatic nitrogens is 1. The molecule has 0 spiro atoms. The van der Waals surface area contributed by atoms with Gasteiger partial charge in [-0.3, -0.25) is 4.98 Å². The van der Waals surface area contributed by atoms with E-state index in [1.807, 2.05) is 6.92 Å². The Morgan fingerprint density at radius 3 is 3.00 bits per heavy atom. The van der Waals surface area contributed by atoms with E-state index < -0.39 is 0 Å². The van der Waals surface area contributed by atoms with Crippen molar-refractivity contribution >= 4 is 0 Å². The van der Waals surface area contributed by atoms with Crippen LogP contribution < -0.4 is 5.32 Å². The van der Waals surface area contributed by atoms with E-state index in [0.29, 0.717) is 5.69 Å². The van der Waals surface area contributed by atoms with Crippen LogP contribution in [-0.4, -0.2) is 11.5 Å². The predicted octanol–water partition coefficient (Wildman–Crippen LogP) is 3.06. The molecule has 0 saturated heterocycles. The molecule has 2 rings (SSSR count). The highest BCUT2D eigenvalue weighted by molar-refractivity contribution is 5.11. The lowest BCUT2D eigenvalue weighted by Gasteiger charge is -2.17. The molecule has 1 aromatic rings. The third kappa shape index (κ3) is 3.01. The summed E-state index contributed by atoms with van der Waals surface area (Å²) < 4.78 is 13.6. The average molecular weight is 222 g/mol. The predicted molar refractivity (Wildman–Crippen MR) is 62.6 cm³/mol. The first-order valence-corrected chi connectivity index (χ1v) is 6.15. The monoisotopic (exact) mass is 222 g/mol. The van der Waals surface area contributed by atoms with Gasteiger partial charge in [-0.2, -0.15) is 0 Å². The molecule has 1 fully saturated rings. The van der Waals surface area contributed by atoms with Crippen molar-refractivity contribution in [2.75, 3.05) is 6.54 Å². The highest BCUT2D eigenvalue weighted by Gasteiger charge is 2.24. The molecule has 0 aliphatic heterocycles. The minimum atomic E-state index is -0.191. The standard InChI is InChI=1S/C13H19FN2/c1-2-15-12(8-7-10-5-6-10)13-11(14)4-3-9-16-13/h3-4,9-10,12,15H,2,5-8H2,1H3. The normalized spacial score (nSPS) is 17.4. The van der Waals surface area contributed by atoms with Crippen molar-refractivity contribution in [2.45, 2.75) is 38.6 Å². The Labute approximate surface area is 96.3 Å². The second-order valence-corrected chi connectivity index (χ2v) is 4.50. The largest absolute Gasteiger partial charge is 0.309 e. The van der Waals surface area contributed by atoms with Gasteiger partial charge in [-0.05, 0) is 37.4 Å². The molecule has 0 radical (unpaired) electrons. The number of pyridine rings is 1. The lowest BCUT2D eigenvalue weighted by molar-refractivity contribution is 0.448. The van der Waals surface area contributed by atoms with Crippen molar-refractivity contribution < 1.29 is 4.39 Å². The van der Waals surface area contributed by atoms with E-state index in [0.717, 1.165) is 18.9 Å². The fourth-order valence-corrected chi connectivity index (χ4v) is 2.05. The zero-order valence-electron chi connectivity index (χ0n) is 9.75. The van der Waals surface area contributed by atoms with Gasteiger partial charge in [0.05, 0.1) is 11.7 Å². The SMILES string of the molecule is CCNC(CCC1CC1)c1ncccc1F. The van der Waals surface area contributed by atoms with Gasteiger partial charge in [0, 0.05) is 6.20 Å². The van der Waals surface area contributed by atoms with Gasteiger partial charge in [-0.25, -0.2) is 4.39 Å². The van der Waals surface area contributed by atoms with Gasteiger partial charge in [-0.1, -0.05) is 19.8 Å². The topological polar surface area (TPSA) is 24.9 Å². The Morgan fingerprint density at radius 1 is 1.56 bits per heavy atom. The van der Waals surface area contributed by atoms with E-state index in [1.54, 1.807) is 12.3 Å². The summed E-state index contributed by atoms with van der Waals surface area (Å²) in [4.78, 5) is 4.16. The maximum absolute atomic E-state index is 13.6. The Morgan fingerprint density at radius 2 is 2.38 bits per heavy atom. The van der Waals surface area contributed by atoms with Crippen LogP contribution >= 0.6 is 0 Å². The number of hydrogen-bond acceptors (Lipinski definition) is 2. The molecule has 88 valence electrons. The number of halogens is 1. The minimum Gasteiger partial charge on any atom is -0.309 e. The van der Waals surface area contributed by atoms with Crippen LogP contribution in [0.3, 0.4) is 0 Å². The van der Waals surface area contributed by atoms with Crippen LogP contribution in [0.4, 0.5) is 4.39 Å². The van der Waals surface area contributed by atoms with Crippen molar-refractivity contribution in [3.8, 4) is 0 Å². The van der Waals surface area contributed by atoms with Crippen molar-refractivity contribution in [3.05, 3.63) is 29.8 Å². The highest BCUT2D eigenvalue weighted by atomic mass is 19.1. The maximum atomic E-state index is 13.6. The van der Waals surface area contributed by atoms with Crippen LogP contribution in [0.5, 0.6) is 0 Å². The summed E-state index contributed by atoms with van der Waals surface area (Å²) in [5.74, 6) is 0.692. The fourth-order valence-electron chi connectivity index (χ4n) is 2.05. The summed E-state index contributed by atoms with van der Waals surface area (Å²) >= 11 is 0. The zero-order chi connectivity index (χ0) is 11.4. The van der Waals surface area contributed by atoms with Crippen LogP contribution in [0.15, 0.2) is 18.3 Å². The van der Waals surface area contributed by atoms with Gasteiger partial charge < -0.3 is 5.32 Å². The van der Waals surface area contributed by atoms with Crippen molar-refractivity contribution in [2.24, 2.45) is 5.92 Å². The molecule has 1 aliphatic rings. The Hall–Kier alpha value is -0.960. The van der Waals surface area contributed by atoms with Crippen LogP contribution in [0, 0.1) is 11.7 Å². The van der Waals surface area contributed by atoms with E-state index in [2.05, 4.69) is 10.3 Å². The number of nitrogens with zero attached hydrogens (tertiary/aromatic N) is 1. The summed E-state index contributed by atoms with van der Waals surface area (Å²) in [7, 11) is 0. The molecule has 2 nitrogen and oxygen atoms in total. The van der Waals surface area contributed by atoms with Gasteiger partial charge in [-0.15, -0.1) is 0 Å². The third-order valence-electron chi connectivity index (χ3n) is 3.13. The molecule has 1 saturated carbocycles. The molecule has 0 amide bonds. The summed E-state index contributed by atoms with van der Waals surface area (Å²) in [6.45, 7) is 2.90. The number of rotatable bonds is 6. The molecule has 1 aromatic heterocycles. The second kappa shape index (κ2) is 5.39. The van der Waals surface area contributed by atoms with Gasteiger partial charge in [0.25, 0.3) is 0 Å². The zero-order valence-corrected chi connectivity index (χ0v) is 9.75. The molecule has 1 N–H and O–H groups in total. The summed E-state index contributed by atoms with van der Waals surface area (Å²) in [6.07, 6.45) is 6.55. The lowest BCUT2D eigenvalue weighted by atomic mass is 10.0. The molecular weight excluding hydrogens is 203 g/mol. The fraction of sp³-hybridized carbons (Fsp3) is 0.615. The van der Waals surface area contributed by atoms with Crippen LogP contribution in [0.2, 0.25) is 0 Å². The molecular formula is C13H19FN2. The summed E-state index contributed by atoms with van der Waals surface area (Å²) in [6, 6.07) is 3.21. The van der Waals surface area contributed by atoms with Crippen LogP contribution in [0.25, 0.3) is 0 Å². The van der Waals surface area contributed by atoms with E-state index in [4.69, 9.17) is 0 Å². The molecule has 1 unspecified atom stereocenters. The molecule has 1 heterocycles. The van der Waals surface area contributed by atoms with E-state index in [-0.39, 0.29) is 11.9 Å². The first-order valence-electron chi connectivity index (χ1n) is 6.15. The highest BCUT2D eigenvalue weighted by Crippen LogP contribution is 2.35. The Balaban J connectivity index is 2.01. The molecule has 16 heavy (non-hydrogen) atoms. The smallest absolute Gasteiger partial charge is 0.146 e. The number of hydrogen-bond donors (Lipinski definition) is 1. The van der Waals surface area contributed by atoms with Gasteiger partial charge in [0.1, 0.15) is 5.82 Å². The molecule has 1 aliphatic carbocycles. The number of nitrogens with one attached hydrogen (secondary N) is 1. The van der Waals surface area contributed by atoms with Gasteiger partial charge >= 0.3 is 0 Å². The first kappa shape index (κ1) is 11.5. The van der Waals surface area contributed by atoms with E-state index >= 15 is 0 Å². The molecule has 3 heteroatoms. The summed E-state index contributed by atoms with van der Waals surface area (Å²) in [5.41, 5.74) is 0.574. The van der Waals surface area contributed by atoms with Crippen molar-refractivity contribution in [1.82, 2.24) is 10.3 Å². The molecule has 1 atom stereocenters. The third-order valence-corrected chi connectivity index (χ3v) is 3.13. The average Bonchev–Trinajstić information content (AvgIpc) is 3.09. The maximum Gasteiger partial charge on any atom is 0.146 e. The summed E-state index contributed by atoms with van der Waals surface area (Å²) in [5, 5.41) is 3.32. The first-order chi connectivity index (χ1) is 7.81. The van der Waals surface area contributed by atoms with Gasteiger partial charge in [0.2, 0.25) is 0 Å². The lowest BCUT2D eigenvalue weighted by Crippen LogP contribution is -2.23. The van der Waals surface area contributed by atoms with E-state index in [9.17, 15) is 4.39 Å². The second-order valence-electron chi connectivity index (χ2n) is 4.50. The Kier molecular flexibility index (Phi) is 3.88. The molecule has 0 aromatic carbocycles. The van der Waals surface area contributed by atoms with Crippen LogP contribution in [-0.2, 0) is 0 Å².